The largest absolute Gasteiger partial charge is 0.346 e. The van der Waals surface area contributed by atoms with Crippen LogP contribution in [0.15, 0.2) is 36.5 Å². The smallest absolute Gasteiger partial charge is 0.140 e. The summed E-state index contributed by atoms with van der Waals surface area (Å²) in [6.07, 6.45) is 1.97. The van der Waals surface area contributed by atoms with Crippen LogP contribution in [0.5, 0.6) is 0 Å². The molecule has 0 bridgehead atoms. The first-order chi connectivity index (χ1) is 8.74. The Hall–Kier alpha value is -2.12. The van der Waals surface area contributed by atoms with Gasteiger partial charge in [0.1, 0.15) is 11.9 Å². The number of halogens is 1. The molecule has 1 aromatic carbocycles. The molecule has 0 aliphatic carbocycles. The molecule has 4 heteroatoms. The highest BCUT2D eigenvalue weighted by molar-refractivity contribution is 5.34. The van der Waals surface area contributed by atoms with Gasteiger partial charge < -0.3 is 9.88 Å². The number of nitriles is 1. The first kappa shape index (κ1) is 12.3. The lowest BCUT2D eigenvalue weighted by Gasteiger charge is -2.09. The maximum atomic E-state index is 13.2. The van der Waals surface area contributed by atoms with Crippen molar-refractivity contribution in [2.24, 2.45) is 0 Å². The predicted molar refractivity (Wildman–Crippen MR) is 67.4 cm³/mol. The molecule has 0 spiro atoms. The van der Waals surface area contributed by atoms with Crippen LogP contribution in [0, 0.1) is 17.1 Å². The Bertz CT molecular complexity index is 581. The number of hydrogen-bond acceptors (Lipinski definition) is 2. The molecule has 18 heavy (non-hydrogen) atoms. The van der Waals surface area contributed by atoms with Crippen LogP contribution in [-0.4, -0.2) is 11.6 Å². The van der Waals surface area contributed by atoms with Gasteiger partial charge in [-0.15, -0.1) is 0 Å². The van der Waals surface area contributed by atoms with Crippen LogP contribution in [0.1, 0.15) is 16.8 Å². The third-order valence-electron chi connectivity index (χ3n) is 2.79. The Morgan fingerprint density at radius 1 is 1.39 bits per heavy atom. The zero-order valence-electron chi connectivity index (χ0n) is 10.2. The van der Waals surface area contributed by atoms with Gasteiger partial charge in [0.15, 0.2) is 0 Å². The van der Waals surface area contributed by atoms with Crippen molar-refractivity contribution in [1.82, 2.24) is 9.88 Å². The minimum Gasteiger partial charge on any atom is -0.346 e. The molecule has 2 rings (SSSR count). The molecule has 92 valence electrons. The SMILES string of the molecule is CNCc1cccn1Cc1ccc(F)c(C#N)c1. The van der Waals surface area contributed by atoms with Crippen molar-refractivity contribution in [1.29, 1.82) is 5.26 Å². The predicted octanol–water partition coefficient (Wildman–Crippen LogP) is 2.27. The normalized spacial score (nSPS) is 10.3. The quantitative estimate of drug-likeness (QED) is 0.894. The minimum absolute atomic E-state index is 0.0924. The van der Waals surface area contributed by atoms with Gasteiger partial charge in [-0.05, 0) is 36.9 Å². The van der Waals surface area contributed by atoms with Crippen molar-refractivity contribution in [2.45, 2.75) is 13.1 Å². The number of rotatable bonds is 4. The van der Waals surface area contributed by atoms with E-state index in [2.05, 4.69) is 9.88 Å². The summed E-state index contributed by atoms with van der Waals surface area (Å²) < 4.78 is 15.3. The van der Waals surface area contributed by atoms with E-state index < -0.39 is 5.82 Å². The molecule has 0 aliphatic heterocycles. The topological polar surface area (TPSA) is 40.8 Å². The number of nitrogens with one attached hydrogen (secondary N) is 1. The van der Waals surface area contributed by atoms with Crippen molar-refractivity contribution in [3.8, 4) is 6.07 Å². The summed E-state index contributed by atoms with van der Waals surface area (Å²) in [6, 6.07) is 10.5. The van der Waals surface area contributed by atoms with E-state index in [1.54, 1.807) is 12.1 Å². The summed E-state index contributed by atoms with van der Waals surface area (Å²) in [5, 5.41) is 11.9. The Balaban J connectivity index is 2.23. The van der Waals surface area contributed by atoms with Gasteiger partial charge in [0.05, 0.1) is 5.56 Å². The van der Waals surface area contributed by atoms with E-state index in [9.17, 15) is 4.39 Å². The summed E-state index contributed by atoms with van der Waals surface area (Å²) in [7, 11) is 1.89. The van der Waals surface area contributed by atoms with Crippen LogP contribution in [-0.2, 0) is 13.1 Å². The molecule has 0 saturated carbocycles. The van der Waals surface area contributed by atoms with Crippen LogP contribution in [0.4, 0.5) is 4.39 Å². The van der Waals surface area contributed by atoms with Gasteiger partial charge in [-0.25, -0.2) is 4.39 Å². The van der Waals surface area contributed by atoms with Crippen LogP contribution in [0.2, 0.25) is 0 Å². The van der Waals surface area contributed by atoms with Gasteiger partial charge in [-0.2, -0.15) is 5.26 Å². The van der Waals surface area contributed by atoms with E-state index in [1.807, 2.05) is 31.4 Å². The molecule has 2 aromatic rings. The Kier molecular flexibility index (Phi) is 3.75. The summed E-state index contributed by atoms with van der Waals surface area (Å²) >= 11 is 0. The third kappa shape index (κ3) is 2.58. The van der Waals surface area contributed by atoms with Crippen molar-refractivity contribution in [3.05, 3.63) is 59.2 Å². The van der Waals surface area contributed by atoms with Crippen molar-refractivity contribution in [2.75, 3.05) is 7.05 Å². The summed E-state index contributed by atoms with van der Waals surface area (Å²) in [4.78, 5) is 0. The van der Waals surface area contributed by atoms with Crippen LogP contribution in [0.25, 0.3) is 0 Å². The highest BCUT2D eigenvalue weighted by Crippen LogP contribution is 2.12. The number of nitrogens with zero attached hydrogens (tertiary/aromatic N) is 2. The molecule has 1 heterocycles. The van der Waals surface area contributed by atoms with Crippen LogP contribution < -0.4 is 5.32 Å². The van der Waals surface area contributed by atoms with Gasteiger partial charge in [-0.1, -0.05) is 6.07 Å². The van der Waals surface area contributed by atoms with Crippen molar-refractivity contribution in [3.63, 3.8) is 0 Å². The summed E-state index contributed by atoms with van der Waals surface area (Å²) in [5.41, 5.74) is 2.16. The second kappa shape index (κ2) is 5.48. The molecular weight excluding hydrogens is 229 g/mol. The monoisotopic (exact) mass is 243 g/mol. The first-order valence-electron chi connectivity index (χ1n) is 5.71. The molecule has 0 amide bonds. The van der Waals surface area contributed by atoms with Crippen molar-refractivity contribution < 1.29 is 4.39 Å². The zero-order valence-corrected chi connectivity index (χ0v) is 10.2. The molecule has 0 fully saturated rings. The van der Waals surface area contributed by atoms with Crippen LogP contribution in [0.3, 0.4) is 0 Å². The first-order valence-corrected chi connectivity index (χ1v) is 5.71. The van der Waals surface area contributed by atoms with Gasteiger partial charge >= 0.3 is 0 Å². The van der Waals surface area contributed by atoms with Crippen LogP contribution >= 0.6 is 0 Å². The Morgan fingerprint density at radius 2 is 2.22 bits per heavy atom. The average molecular weight is 243 g/mol. The van der Waals surface area contributed by atoms with E-state index >= 15 is 0 Å². The molecule has 0 saturated heterocycles. The average Bonchev–Trinajstić information content (AvgIpc) is 2.80. The minimum atomic E-state index is -0.468. The number of aromatic nitrogens is 1. The molecule has 1 N–H and O–H groups in total. The molecule has 0 unspecified atom stereocenters. The molecule has 0 radical (unpaired) electrons. The lowest BCUT2D eigenvalue weighted by atomic mass is 10.1. The summed E-state index contributed by atoms with van der Waals surface area (Å²) in [6.45, 7) is 1.41. The maximum absolute atomic E-state index is 13.2. The van der Waals surface area contributed by atoms with Gasteiger partial charge in [0.25, 0.3) is 0 Å². The Morgan fingerprint density at radius 3 is 2.94 bits per heavy atom. The molecule has 0 aliphatic rings. The maximum Gasteiger partial charge on any atom is 0.140 e. The fourth-order valence-electron chi connectivity index (χ4n) is 1.90. The van der Waals surface area contributed by atoms with E-state index in [0.717, 1.165) is 17.8 Å². The highest BCUT2D eigenvalue weighted by atomic mass is 19.1. The van der Waals surface area contributed by atoms with E-state index in [4.69, 9.17) is 5.26 Å². The lowest BCUT2D eigenvalue weighted by molar-refractivity contribution is 0.621. The number of hydrogen-bond donors (Lipinski definition) is 1. The fourth-order valence-corrected chi connectivity index (χ4v) is 1.90. The molecule has 0 atom stereocenters. The number of benzene rings is 1. The molecule has 1 aromatic heterocycles. The second-order valence-corrected chi connectivity index (χ2v) is 4.08. The van der Waals surface area contributed by atoms with E-state index in [-0.39, 0.29) is 5.56 Å². The Labute approximate surface area is 105 Å². The highest BCUT2D eigenvalue weighted by Gasteiger charge is 2.05. The van der Waals surface area contributed by atoms with Gasteiger partial charge in [0.2, 0.25) is 0 Å². The second-order valence-electron chi connectivity index (χ2n) is 4.08. The van der Waals surface area contributed by atoms with Gasteiger partial charge in [-0.3, -0.25) is 0 Å². The van der Waals surface area contributed by atoms with Crippen molar-refractivity contribution >= 4 is 0 Å². The van der Waals surface area contributed by atoms with E-state index in [0.29, 0.717) is 6.54 Å². The molecule has 3 nitrogen and oxygen atoms in total. The van der Waals surface area contributed by atoms with E-state index in [1.165, 1.54) is 6.07 Å². The lowest BCUT2D eigenvalue weighted by Crippen LogP contribution is -2.11. The standard InChI is InChI=1S/C14H14FN3/c1-17-9-13-3-2-6-18(13)10-11-4-5-14(15)12(7-11)8-16/h2-7,17H,9-10H2,1H3. The molecular formula is C14H14FN3. The third-order valence-corrected chi connectivity index (χ3v) is 2.79. The van der Waals surface area contributed by atoms with Gasteiger partial charge in [0, 0.05) is 25.0 Å². The fraction of sp³-hybridized carbons (Fsp3) is 0.214. The zero-order chi connectivity index (χ0) is 13.0. The summed E-state index contributed by atoms with van der Waals surface area (Å²) in [5.74, 6) is -0.468.